The zero-order valence-corrected chi connectivity index (χ0v) is 16.5. The van der Waals surface area contributed by atoms with Crippen molar-refractivity contribution >= 4 is 28.2 Å². The molecule has 9 heteroatoms. The van der Waals surface area contributed by atoms with Crippen LogP contribution in [0.4, 0.5) is 9.52 Å². The Bertz CT molecular complexity index is 1040. The van der Waals surface area contributed by atoms with E-state index in [0.717, 1.165) is 9.47 Å². The number of hydrogen-bond acceptors (Lipinski definition) is 8. The zero-order chi connectivity index (χ0) is 19.3. The Morgan fingerprint density at radius 3 is 2.61 bits per heavy atom. The summed E-state index contributed by atoms with van der Waals surface area (Å²) in [6.45, 7) is 2.66. The molecule has 0 unspecified atom stereocenters. The zero-order valence-electron chi connectivity index (χ0n) is 14.9. The third kappa shape index (κ3) is 4.55. The second kappa shape index (κ2) is 8.49. The van der Waals surface area contributed by atoms with Crippen LogP contribution < -0.4 is 5.32 Å². The predicted octanol–water partition coefficient (Wildman–Crippen LogP) is 5.19. The molecule has 0 aliphatic carbocycles. The van der Waals surface area contributed by atoms with Crippen molar-refractivity contribution in [1.29, 1.82) is 0 Å². The molecule has 2 aromatic carbocycles. The van der Waals surface area contributed by atoms with Gasteiger partial charge in [0.15, 0.2) is 4.34 Å². The van der Waals surface area contributed by atoms with Crippen LogP contribution >= 0.6 is 23.1 Å². The quantitative estimate of drug-likeness (QED) is 0.418. The van der Waals surface area contributed by atoms with Gasteiger partial charge >= 0.3 is 0 Å². The minimum atomic E-state index is -0.305. The maximum absolute atomic E-state index is 13.0. The molecule has 0 aliphatic rings. The summed E-state index contributed by atoms with van der Waals surface area (Å²) < 4.78 is 19.6. The van der Waals surface area contributed by atoms with E-state index in [1.165, 1.54) is 40.8 Å². The van der Waals surface area contributed by atoms with Gasteiger partial charge in [-0.05, 0) is 36.8 Å². The molecule has 2 heterocycles. The van der Waals surface area contributed by atoms with Crippen molar-refractivity contribution in [3.8, 4) is 11.5 Å². The molecule has 0 fully saturated rings. The fourth-order valence-corrected chi connectivity index (χ4v) is 4.33. The molecule has 2 aromatic heterocycles. The summed E-state index contributed by atoms with van der Waals surface area (Å²) in [6, 6.07) is 16.1. The highest BCUT2D eigenvalue weighted by Gasteiger charge is 2.18. The fraction of sp³-hybridized carbons (Fsp3) is 0.158. The average molecular weight is 414 g/mol. The van der Waals surface area contributed by atoms with Gasteiger partial charge in [0.25, 0.3) is 0 Å². The van der Waals surface area contributed by atoms with Crippen molar-refractivity contribution in [3.05, 3.63) is 71.9 Å². The normalized spacial score (nSPS) is 12.1. The topological polar surface area (TPSA) is 76.7 Å². The third-order valence-electron chi connectivity index (χ3n) is 3.85. The summed E-state index contributed by atoms with van der Waals surface area (Å²) in [7, 11) is 0. The van der Waals surface area contributed by atoms with E-state index in [0.29, 0.717) is 23.9 Å². The maximum atomic E-state index is 13.0. The summed E-state index contributed by atoms with van der Waals surface area (Å²) in [6.07, 6.45) is 0. The van der Waals surface area contributed by atoms with E-state index in [1.54, 1.807) is 12.1 Å². The lowest BCUT2D eigenvalue weighted by atomic mass is 10.2. The SMILES string of the molecule is C[C@H](Sc1nnc(NCc2ccccc2)s1)c1nnc(-c2ccc(F)cc2)o1. The minimum Gasteiger partial charge on any atom is -0.419 e. The van der Waals surface area contributed by atoms with Gasteiger partial charge in [0, 0.05) is 12.1 Å². The lowest BCUT2D eigenvalue weighted by molar-refractivity contribution is 0.509. The Morgan fingerprint density at radius 1 is 1.04 bits per heavy atom. The van der Waals surface area contributed by atoms with Gasteiger partial charge in [-0.3, -0.25) is 0 Å². The van der Waals surface area contributed by atoms with E-state index < -0.39 is 0 Å². The highest BCUT2D eigenvalue weighted by molar-refractivity contribution is 8.01. The van der Waals surface area contributed by atoms with Crippen molar-refractivity contribution in [2.24, 2.45) is 0 Å². The molecular weight excluding hydrogens is 397 g/mol. The Morgan fingerprint density at radius 2 is 1.82 bits per heavy atom. The van der Waals surface area contributed by atoms with Crippen LogP contribution in [-0.2, 0) is 6.54 Å². The highest BCUT2D eigenvalue weighted by Crippen LogP contribution is 2.37. The van der Waals surface area contributed by atoms with Gasteiger partial charge in [-0.15, -0.1) is 20.4 Å². The summed E-state index contributed by atoms with van der Waals surface area (Å²) in [4.78, 5) is 0. The van der Waals surface area contributed by atoms with Crippen molar-refractivity contribution in [1.82, 2.24) is 20.4 Å². The number of halogens is 1. The molecular formula is C19H16FN5OS2. The summed E-state index contributed by atoms with van der Waals surface area (Å²) in [5, 5.41) is 20.5. The van der Waals surface area contributed by atoms with Crippen molar-refractivity contribution in [3.63, 3.8) is 0 Å². The molecule has 0 spiro atoms. The molecule has 0 aliphatic heterocycles. The second-order valence-corrected chi connectivity index (χ2v) is 8.49. The van der Waals surface area contributed by atoms with Gasteiger partial charge in [-0.25, -0.2) is 4.39 Å². The van der Waals surface area contributed by atoms with Gasteiger partial charge in [-0.1, -0.05) is 53.4 Å². The number of hydrogen-bond donors (Lipinski definition) is 1. The molecule has 142 valence electrons. The number of benzene rings is 2. The fourth-order valence-electron chi connectivity index (χ4n) is 2.41. The molecule has 4 rings (SSSR count). The van der Waals surface area contributed by atoms with Gasteiger partial charge < -0.3 is 9.73 Å². The number of nitrogens with zero attached hydrogens (tertiary/aromatic N) is 4. The molecule has 28 heavy (non-hydrogen) atoms. The molecule has 0 saturated heterocycles. The molecule has 1 N–H and O–H groups in total. The van der Waals surface area contributed by atoms with Gasteiger partial charge in [0.1, 0.15) is 5.82 Å². The van der Waals surface area contributed by atoms with Gasteiger partial charge in [-0.2, -0.15) is 0 Å². The molecule has 4 aromatic rings. The minimum absolute atomic E-state index is 0.0865. The number of thioether (sulfide) groups is 1. The standard InChI is InChI=1S/C19H16FN5OS2/c1-12(16-22-23-17(26-16)14-7-9-15(20)10-8-14)27-19-25-24-18(28-19)21-11-13-5-3-2-4-6-13/h2-10,12H,11H2,1H3,(H,21,24)/t12-/m0/s1. The first-order chi connectivity index (χ1) is 13.7. The van der Waals surface area contributed by atoms with Crippen LogP contribution in [0, 0.1) is 5.82 Å². The van der Waals surface area contributed by atoms with Crippen LogP contribution in [0.1, 0.15) is 23.6 Å². The van der Waals surface area contributed by atoms with E-state index in [4.69, 9.17) is 4.42 Å². The Labute approximate surface area is 169 Å². The van der Waals surface area contributed by atoms with Crippen LogP contribution in [0.25, 0.3) is 11.5 Å². The van der Waals surface area contributed by atoms with Crippen LogP contribution in [0.2, 0.25) is 0 Å². The largest absolute Gasteiger partial charge is 0.419 e. The van der Waals surface area contributed by atoms with Gasteiger partial charge in [0.2, 0.25) is 16.9 Å². The third-order valence-corrected chi connectivity index (χ3v) is 5.90. The highest BCUT2D eigenvalue weighted by atomic mass is 32.2. The van der Waals surface area contributed by atoms with Crippen LogP contribution in [0.3, 0.4) is 0 Å². The Kier molecular flexibility index (Phi) is 5.63. The van der Waals surface area contributed by atoms with Crippen LogP contribution in [0.5, 0.6) is 0 Å². The predicted molar refractivity (Wildman–Crippen MR) is 108 cm³/mol. The van der Waals surface area contributed by atoms with Gasteiger partial charge in [0.05, 0.1) is 5.25 Å². The lowest BCUT2D eigenvalue weighted by Gasteiger charge is -2.02. The average Bonchev–Trinajstić information content (AvgIpc) is 3.38. The molecule has 0 radical (unpaired) electrons. The lowest BCUT2D eigenvalue weighted by Crippen LogP contribution is -1.98. The number of aromatic nitrogens is 4. The van der Waals surface area contributed by atoms with E-state index in [9.17, 15) is 4.39 Å². The first-order valence-electron chi connectivity index (χ1n) is 8.54. The van der Waals surface area contributed by atoms with Crippen molar-refractivity contribution < 1.29 is 8.81 Å². The van der Waals surface area contributed by atoms with Crippen molar-refractivity contribution in [2.75, 3.05) is 5.32 Å². The molecule has 0 amide bonds. The monoisotopic (exact) mass is 413 g/mol. The summed E-state index contributed by atoms with van der Waals surface area (Å²) >= 11 is 2.98. The first kappa shape index (κ1) is 18.6. The number of rotatable bonds is 7. The van der Waals surface area contributed by atoms with E-state index in [2.05, 4.69) is 37.8 Å². The number of nitrogens with one attached hydrogen (secondary N) is 1. The molecule has 1 atom stereocenters. The summed E-state index contributed by atoms with van der Waals surface area (Å²) in [5.74, 6) is 0.545. The van der Waals surface area contributed by atoms with Crippen LogP contribution in [0.15, 0.2) is 63.4 Å². The smallest absolute Gasteiger partial charge is 0.247 e. The van der Waals surface area contributed by atoms with E-state index >= 15 is 0 Å². The molecule has 0 bridgehead atoms. The maximum Gasteiger partial charge on any atom is 0.247 e. The Balaban J connectivity index is 1.37. The second-order valence-electron chi connectivity index (χ2n) is 5.92. The van der Waals surface area contributed by atoms with E-state index in [1.807, 2.05) is 25.1 Å². The molecule has 6 nitrogen and oxygen atoms in total. The number of anilines is 1. The Hall–Kier alpha value is -2.78. The van der Waals surface area contributed by atoms with Crippen molar-refractivity contribution in [2.45, 2.75) is 23.1 Å². The van der Waals surface area contributed by atoms with Crippen LogP contribution in [-0.4, -0.2) is 20.4 Å². The first-order valence-corrected chi connectivity index (χ1v) is 10.2. The summed E-state index contributed by atoms with van der Waals surface area (Å²) in [5.41, 5.74) is 1.86. The van der Waals surface area contributed by atoms with E-state index in [-0.39, 0.29) is 11.1 Å². The molecule has 0 saturated carbocycles.